The standard InChI is InChI=1S/C18H15N5/c1-12-6-7-14(9-13(12)2)16-10-17(15-5-3-4-8-20-15)23-18(22-16)21-11-19/h3-10H,1-2H3,(H,21,22,23). The lowest BCUT2D eigenvalue weighted by Gasteiger charge is -2.08. The van der Waals surface area contributed by atoms with Crippen LogP contribution in [0.3, 0.4) is 0 Å². The van der Waals surface area contributed by atoms with Crippen LogP contribution in [0.25, 0.3) is 22.6 Å². The molecule has 23 heavy (non-hydrogen) atoms. The fraction of sp³-hybridized carbons (Fsp3) is 0.111. The number of hydrogen-bond donors (Lipinski definition) is 1. The van der Waals surface area contributed by atoms with E-state index >= 15 is 0 Å². The van der Waals surface area contributed by atoms with Crippen molar-refractivity contribution in [3.63, 3.8) is 0 Å². The zero-order valence-electron chi connectivity index (χ0n) is 12.9. The molecule has 5 heteroatoms. The molecule has 0 saturated carbocycles. The predicted octanol–water partition coefficient (Wildman–Crippen LogP) is 3.72. The molecule has 0 fully saturated rings. The van der Waals surface area contributed by atoms with Gasteiger partial charge in [-0.2, -0.15) is 5.26 Å². The van der Waals surface area contributed by atoms with E-state index in [0.717, 1.165) is 17.0 Å². The van der Waals surface area contributed by atoms with Crippen molar-refractivity contribution in [3.8, 4) is 28.8 Å². The second kappa shape index (κ2) is 6.24. The average molecular weight is 301 g/mol. The zero-order valence-corrected chi connectivity index (χ0v) is 12.9. The maximum atomic E-state index is 8.87. The van der Waals surface area contributed by atoms with Crippen LogP contribution < -0.4 is 5.32 Å². The Kier molecular flexibility index (Phi) is 3.98. The molecule has 2 heterocycles. The van der Waals surface area contributed by atoms with E-state index in [4.69, 9.17) is 5.26 Å². The maximum Gasteiger partial charge on any atom is 0.237 e. The zero-order chi connectivity index (χ0) is 16.2. The Morgan fingerprint density at radius 1 is 0.913 bits per heavy atom. The molecular weight excluding hydrogens is 286 g/mol. The second-order valence-corrected chi connectivity index (χ2v) is 5.21. The average Bonchev–Trinajstić information content (AvgIpc) is 2.58. The van der Waals surface area contributed by atoms with Gasteiger partial charge in [-0.1, -0.05) is 18.2 Å². The van der Waals surface area contributed by atoms with E-state index in [1.807, 2.05) is 36.5 Å². The molecule has 0 aliphatic heterocycles. The second-order valence-electron chi connectivity index (χ2n) is 5.21. The quantitative estimate of drug-likeness (QED) is 0.589. The lowest BCUT2D eigenvalue weighted by atomic mass is 10.0. The number of aromatic nitrogens is 3. The predicted molar refractivity (Wildman–Crippen MR) is 89.4 cm³/mol. The number of nitriles is 1. The molecule has 5 nitrogen and oxygen atoms in total. The molecule has 0 radical (unpaired) electrons. The van der Waals surface area contributed by atoms with Gasteiger partial charge in [0, 0.05) is 11.8 Å². The monoisotopic (exact) mass is 301 g/mol. The van der Waals surface area contributed by atoms with Crippen molar-refractivity contribution in [2.45, 2.75) is 13.8 Å². The normalized spacial score (nSPS) is 10.1. The molecule has 0 saturated heterocycles. The van der Waals surface area contributed by atoms with E-state index < -0.39 is 0 Å². The van der Waals surface area contributed by atoms with Crippen LogP contribution in [0.1, 0.15) is 11.1 Å². The number of nitrogens with zero attached hydrogens (tertiary/aromatic N) is 4. The summed E-state index contributed by atoms with van der Waals surface area (Å²) in [5.41, 5.74) is 5.56. The summed E-state index contributed by atoms with van der Waals surface area (Å²) in [6, 6.07) is 13.7. The Labute approximate surface area is 134 Å². The minimum atomic E-state index is 0.267. The van der Waals surface area contributed by atoms with Gasteiger partial charge in [-0.3, -0.25) is 10.3 Å². The summed E-state index contributed by atoms with van der Waals surface area (Å²) in [4.78, 5) is 13.1. The van der Waals surface area contributed by atoms with Crippen molar-refractivity contribution in [2.75, 3.05) is 5.32 Å². The van der Waals surface area contributed by atoms with Gasteiger partial charge in [-0.25, -0.2) is 9.97 Å². The SMILES string of the molecule is Cc1ccc(-c2cc(-c3ccccn3)nc(NC#N)n2)cc1C. The van der Waals surface area contributed by atoms with Crippen LogP contribution in [-0.4, -0.2) is 15.0 Å². The highest BCUT2D eigenvalue weighted by molar-refractivity contribution is 5.68. The molecule has 0 amide bonds. The van der Waals surface area contributed by atoms with E-state index in [1.54, 1.807) is 6.20 Å². The topological polar surface area (TPSA) is 74.5 Å². The Bertz CT molecular complexity index is 882. The Morgan fingerprint density at radius 2 is 1.74 bits per heavy atom. The van der Waals surface area contributed by atoms with Gasteiger partial charge in [0.15, 0.2) is 6.19 Å². The van der Waals surface area contributed by atoms with Crippen LogP contribution in [-0.2, 0) is 0 Å². The number of nitrogens with one attached hydrogen (secondary N) is 1. The summed E-state index contributed by atoms with van der Waals surface area (Å²) in [6.07, 6.45) is 3.58. The summed E-state index contributed by atoms with van der Waals surface area (Å²) in [5.74, 6) is 0.267. The van der Waals surface area contributed by atoms with Gasteiger partial charge < -0.3 is 0 Å². The van der Waals surface area contributed by atoms with Crippen LogP contribution in [0.4, 0.5) is 5.95 Å². The highest BCUT2D eigenvalue weighted by atomic mass is 15.1. The number of hydrogen-bond acceptors (Lipinski definition) is 5. The minimum Gasteiger partial charge on any atom is -0.261 e. The Hall–Kier alpha value is -3.26. The number of pyridine rings is 1. The van der Waals surface area contributed by atoms with Crippen molar-refractivity contribution in [1.29, 1.82) is 5.26 Å². The van der Waals surface area contributed by atoms with Crippen LogP contribution >= 0.6 is 0 Å². The molecule has 2 aromatic heterocycles. The number of aryl methyl sites for hydroxylation is 2. The summed E-state index contributed by atoms with van der Waals surface area (Å²) in [6.45, 7) is 4.13. The molecule has 0 bridgehead atoms. The molecule has 1 aromatic carbocycles. The van der Waals surface area contributed by atoms with Gasteiger partial charge in [-0.15, -0.1) is 0 Å². The van der Waals surface area contributed by atoms with Crippen molar-refractivity contribution in [2.24, 2.45) is 0 Å². The number of benzene rings is 1. The first-order valence-corrected chi connectivity index (χ1v) is 7.20. The summed E-state index contributed by atoms with van der Waals surface area (Å²) in [7, 11) is 0. The number of rotatable bonds is 3. The van der Waals surface area contributed by atoms with E-state index in [2.05, 4.69) is 46.2 Å². The largest absolute Gasteiger partial charge is 0.261 e. The summed E-state index contributed by atoms with van der Waals surface area (Å²) >= 11 is 0. The van der Waals surface area contributed by atoms with Crippen molar-refractivity contribution < 1.29 is 0 Å². The first-order chi connectivity index (χ1) is 11.2. The number of anilines is 1. The Morgan fingerprint density at radius 3 is 2.43 bits per heavy atom. The van der Waals surface area contributed by atoms with Gasteiger partial charge in [-0.05, 0) is 49.2 Å². The van der Waals surface area contributed by atoms with Gasteiger partial charge in [0.1, 0.15) is 0 Å². The third kappa shape index (κ3) is 3.16. The van der Waals surface area contributed by atoms with Crippen LogP contribution in [0, 0.1) is 25.3 Å². The summed E-state index contributed by atoms with van der Waals surface area (Å²) in [5, 5.41) is 11.4. The van der Waals surface area contributed by atoms with Crippen LogP contribution in [0.15, 0.2) is 48.7 Å². The van der Waals surface area contributed by atoms with Crippen molar-refractivity contribution in [1.82, 2.24) is 15.0 Å². The molecule has 112 valence electrons. The molecule has 0 aliphatic rings. The summed E-state index contributed by atoms with van der Waals surface area (Å²) < 4.78 is 0. The van der Waals surface area contributed by atoms with E-state index in [9.17, 15) is 0 Å². The van der Waals surface area contributed by atoms with E-state index in [0.29, 0.717) is 5.69 Å². The van der Waals surface area contributed by atoms with E-state index in [1.165, 1.54) is 11.1 Å². The molecule has 0 atom stereocenters. The van der Waals surface area contributed by atoms with Gasteiger partial charge >= 0.3 is 0 Å². The third-order valence-corrected chi connectivity index (χ3v) is 3.62. The van der Waals surface area contributed by atoms with Crippen LogP contribution in [0.5, 0.6) is 0 Å². The molecule has 0 unspecified atom stereocenters. The third-order valence-electron chi connectivity index (χ3n) is 3.62. The van der Waals surface area contributed by atoms with Gasteiger partial charge in [0.2, 0.25) is 5.95 Å². The Balaban J connectivity index is 2.14. The molecule has 3 rings (SSSR count). The molecule has 0 aliphatic carbocycles. The molecule has 0 spiro atoms. The van der Waals surface area contributed by atoms with Crippen molar-refractivity contribution >= 4 is 5.95 Å². The van der Waals surface area contributed by atoms with Crippen molar-refractivity contribution in [3.05, 3.63) is 59.8 Å². The van der Waals surface area contributed by atoms with Crippen LogP contribution in [0.2, 0.25) is 0 Å². The first-order valence-electron chi connectivity index (χ1n) is 7.20. The highest BCUT2D eigenvalue weighted by Gasteiger charge is 2.09. The fourth-order valence-corrected chi connectivity index (χ4v) is 2.25. The molecular formula is C18H15N5. The van der Waals surface area contributed by atoms with Gasteiger partial charge in [0.05, 0.1) is 17.1 Å². The molecule has 1 N–H and O–H groups in total. The fourth-order valence-electron chi connectivity index (χ4n) is 2.25. The molecule has 3 aromatic rings. The highest BCUT2D eigenvalue weighted by Crippen LogP contribution is 2.25. The lowest BCUT2D eigenvalue weighted by molar-refractivity contribution is 1.15. The van der Waals surface area contributed by atoms with Gasteiger partial charge in [0.25, 0.3) is 0 Å². The van der Waals surface area contributed by atoms with E-state index in [-0.39, 0.29) is 5.95 Å². The smallest absolute Gasteiger partial charge is 0.237 e. The first kappa shape index (κ1) is 14.7. The minimum absolute atomic E-state index is 0.267. The maximum absolute atomic E-state index is 8.87. The lowest BCUT2D eigenvalue weighted by Crippen LogP contribution is -2.00.